The summed E-state index contributed by atoms with van der Waals surface area (Å²) < 4.78 is 44.1. The van der Waals surface area contributed by atoms with Gasteiger partial charge in [0.05, 0.1) is 11.7 Å². The number of para-hydroxylation sites is 1. The van der Waals surface area contributed by atoms with Crippen LogP contribution in [0.5, 0.6) is 5.75 Å². The maximum atomic E-state index is 14.3. The summed E-state index contributed by atoms with van der Waals surface area (Å²) >= 11 is 0. The van der Waals surface area contributed by atoms with E-state index in [0.29, 0.717) is 17.9 Å². The van der Waals surface area contributed by atoms with Crippen molar-refractivity contribution < 1.29 is 42.2 Å². The molecular weight excluding hydrogens is 643 g/mol. The number of nitriles is 1. The maximum Gasteiger partial charge on any atom is 0.459 e. The van der Waals surface area contributed by atoms with Gasteiger partial charge in [0.2, 0.25) is 0 Å². The van der Waals surface area contributed by atoms with E-state index in [1.807, 2.05) is 0 Å². The summed E-state index contributed by atoms with van der Waals surface area (Å²) in [6.07, 6.45) is 2.59. The lowest BCUT2D eigenvalue weighted by atomic mass is 9.81. The van der Waals surface area contributed by atoms with Gasteiger partial charge in [-0.2, -0.15) is 10.4 Å². The molecule has 1 fully saturated rings. The smallest absolute Gasteiger partial charge is 0.454 e. The van der Waals surface area contributed by atoms with Crippen LogP contribution in [0.2, 0.25) is 0 Å². The number of nitrogens with two attached hydrogens (primary N) is 1. The molecule has 2 aromatic heterocycles. The fraction of sp³-hybridized carbons (Fsp3) is 0.500. The monoisotopic (exact) mass is 684 g/mol. The van der Waals surface area contributed by atoms with Gasteiger partial charge in [0.15, 0.2) is 24.1 Å². The molecule has 15 nitrogen and oxygen atoms in total. The van der Waals surface area contributed by atoms with Crippen LogP contribution in [0, 0.1) is 17.4 Å². The summed E-state index contributed by atoms with van der Waals surface area (Å²) in [5, 5.41) is 16.6. The van der Waals surface area contributed by atoms with E-state index >= 15 is 0 Å². The van der Waals surface area contributed by atoms with Gasteiger partial charge in [-0.25, -0.2) is 19.2 Å². The van der Waals surface area contributed by atoms with Gasteiger partial charge in [0.25, 0.3) is 6.26 Å². The number of fused-ring (bicyclic) bond motifs is 1. The Labute approximate surface area is 278 Å². The van der Waals surface area contributed by atoms with Crippen LogP contribution in [0.4, 0.5) is 5.82 Å². The third-order valence-corrected chi connectivity index (χ3v) is 9.65. The highest BCUT2D eigenvalue weighted by molar-refractivity contribution is 7.52. The minimum absolute atomic E-state index is 0.0393. The molecule has 1 aliphatic rings. The number of anilines is 1. The Morgan fingerprint density at radius 3 is 2.46 bits per heavy atom. The lowest BCUT2D eigenvalue weighted by molar-refractivity contribution is -0.180. The van der Waals surface area contributed by atoms with Crippen molar-refractivity contribution in [3.05, 3.63) is 54.5 Å². The molecule has 0 bridgehead atoms. The second-order valence-corrected chi connectivity index (χ2v) is 13.1. The van der Waals surface area contributed by atoms with Crippen molar-refractivity contribution in [3.63, 3.8) is 0 Å². The number of rotatable bonds is 19. The highest BCUT2D eigenvalue weighted by Crippen LogP contribution is 2.46. The van der Waals surface area contributed by atoms with Gasteiger partial charge in [-0.3, -0.25) is 18.9 Å². The normalized spacial score (nSPS) is 16.7. The van der Waals surface area contributed by atoms with Crippen molar-refractivity contribution in [2.24, 2.45) is 5.92 Å². The number of nitrogens with one attached hydrogen (secondary N) is 1. The van der Waals surface area contributed by atoms with Crippen LogP contribution in [0.25, 0.3) is 5.52 Å². The SMILES string of the molecule is CCC(=O)O[C@H]([C@@H](COP(=O)(N[C@@H](C)C(=O)CCC1CCC1)Oc1ccccc1)OC#N)[C@@H](OC(=O)CC)c1ccc2c(N)ncnn12. The van der Waals surface area contributed by atoms with Crippen molar-refractivity contribution in [2.75, 3.05) is 12.3 Å². The predicted molar refractivity (Wildman–Crippen MR) is 172 cm³/mol. The molecule has 3 aromatic rings. The highest BCUT2D eigenvalue weighted by Gasteiger charge is 2.42. The van der Waals surface area contributed by atoms with E-state index in [2.05, 4.69) is 15.2 Å². The number of carbonyl (C=O) groups is 3. The van der Waals surface area contributed by atoms with Crippen molar-refractivity contribution >= 4 is 36.8 Å². The molecular formula is C32H41N6O9P. The van der Waals surface area contributed by atoms with Gasteiger partial charge in [0.1, 0.15) is 30.0 Å². The quantitative estimate of drug-likeness (QED) is 0.0986. The number of nitrogens with zero attached hydrogens (tertiary/aromatic N) is 4. The molecule has 1 unspecified atom stereocenters. The van der Waals surface area contributed by atoms with Gasteiger partial charge < -0.3 is 24.5 Å². The molecule has 5 atom stereocenters. The molecule has 258 valence electrons. The Balaban J connectivity index is 1.66. The van der Waals surface area contributed by atoms with Crippen LogP contribution in [-0.4, -0.2) is 57.2 Å². The van der Waals surface area contributed by atoms with Gasteiger partial charge >= 0.3 is 19.7 Å². The molecule has 16 heteroatoms. The topological polar surface area (TPSA) is 206 Å². The highest BCUT2D eigenvalue weighted by atomic mass is 31.2. The third kappa shape index (κ3) is 9.53. The number of carbonyl (C=O) groups excluding carboxylic acids is 3. The Kier molecular flexibility index (Phi) is 12.9. The van der Waals surface area contributed by atoms with Gasteiger partial charge in [-0.1, -0.05) is 51.3 Å². The fourth-order valence-corrected chi connectivity index (χ4v) is 6.62. The van der Waals surface area contributed by atoms with Gasteiger partial charge in [-0.05, 0) is 43.5 Å². The van der Waals surface area contributed by atoms with E-state index in [9.17, 15) is 24.2 Å². The average Bonchev–Trinajstić information content (AvgIpc) is 3.49. The molecule has 0 amide bonds. The standard InChI is InChI=1S/C32H41N6O9P/c1-4-28(40)45-30(24-15-16-25-32(34)35-20-36-38(24)25)31(46-29(41)5-2)27(43-19-33)18-44-48(42,47-23-12-7-6-8-13-23)37-21(3)26(39)17-14-22-10-9-11-22/h6-8,12-13,15-16,20-22,27,30-31H,4-5,9-11,14,17-18H2,1-3H3,(H,37,42)(H2,34,35,36)/t21-,27+,30-,31+,48?/m0/s1. The number of ether oxygens (including phenoxy) is 3. The Morgan fingerprint density at radius 1 is 1.10 bits per heavy atom. The van der Waals surface area contributed by atoms with Gasteiger partial charge in [0, 0.05) is 19.3 Å². The molecule has 1 aliphatic carbocycles. The zero-order chi connectivity index (χ0) is 34.7. The van der Waals surface area contributed by atoms with Crippen LogP contribution in [0.1, 0.15) is 77.5 Å². The largest absolute Gasteiger partial charge is 0.459 e. The fourth-order valence-electron chi connectivity index (χ4n) is 5.08. The number of benzene rings is 1. The predicted octanol–water partition coefficient (Wildman–Crippen LogP) is 4.83. The molecule has 0 aliphatic heterocycles. The van der Waals surface area contributed by atoms with Crippen molar-refractivity contribution in [3.8, 4) is 12.0 Å². The first kappa shape index (κ1) is 36.3. The van der Waals surface area contributed by atoms with Crippen molar-refractivity contribution in [1.82, 2.24) is 19.7 Å². The van der Waals surface area contributed by atoms with E-state index in [4.69, 9.17) is 29.0 Å². The summed E-state index contributed by atoms with van der Waals surface area (Å²) in [5.74, 6) is -0.734. The molecule has 3 N–H and O–H groups in total. The molecule has 48 heavy (non-hydrogen) atoms. The second kappa shape index (κ2) is 17.1. The minimum Gasteiger partial charge on any atom is -0.454 e. The molecule has 4 rings (SSSR count). The minimum atomic E-state index is -4.37. The molecule has 0 saturated heterocycles. The van der Waals surface area contributed by atoms with Crippen LogP contribution < -0.4 is 15.3 Å². The maximum absolute atomic E-state index is 14.3. The number of Topliss-reactive ketones (excluding diaryl/α,β-unsaturated/α-hetero) is 1. The number of ketones is 1. The molecule has 0 spiro atoms. The summed E-state index contributed by atoms with van der Waals surface area (Å²) in [5.41, 5.74) is 6.61. The van der Waals surface area contributed by atoms with Crippen LogP contribution in [0.15, 0.2) is 48.8 Å². The van der Waals surface area contributed by atoms with Crippen LogP contribution in [0.3, 0.4) is 0 Å². The van der Waals surface area contributed by atoms with E-state index in [-0.39, 0.29) is 35.9 Å². The third-order valence-electron chi connectivity index (χ3n) is 8.01. The Morgan fingerprint density at radius 2 is 1.81 bits per heavy atom. The molecule has 1 aromatic carbocycles. The number of aromatic nitrogens is 3. The first-order chi connectivity index (χ1) is 23.1. The number of nitrogen functional groups attached to an aromatic ring is 1. The Hall–Kier alpha value is -4.51. The van der Waals surface area contributed by atoms with Crippen molar-refractivity contribution in [1.29, 1.82) is 5.26 Å². The van der Waals surface area contributed by atoms with E-state index in [1.54, 1.807) is 69.5 Å². The van der Waals surface area contributed by atoms with E-state index in [0.717, 1.165) is 25.7 Å². The number of esters is 2. The van der Waals surface area contributed by atoms with Gasteiger partial charge in [-0.15, -0.1) is 0 Å². The number of hydrogen-bond donors (Lipinski definition) is 2. The molecule has 2 heterocycles. The first-order valence-corrected chi connectivity index (χ1v) is 17.4. The zero-order valence-electron chi connectivity index (χ0n) is 27.2. The molecule has 1 saturated carbocycles. The van der Waals surface area contributed by atoms with Crippen molar-refractivity contribution in [2.45, 2.75) is 90.1 Å². The Bertz CT molecular complexity index is 1640. The summed E-state index contributed by atoms with van der Waals surface area (Å²) in [6, 6.07) is 10.4. The zero-order valence-corrected chi connectivity index (χ0v) is 28.0. The molecule has 0 radical (unpaired) electrons. The summed E-state index contributed by atoms with van der Waals surface area (Å²) in [7, 11) is -4.37. The van der Waals surface area contributed by atoms with Crippen LogP contribution in [-0.2, 0) is 37.7 Å². The average molecular weight is 685 g/mol. The lowest BCUT2D eigenvalue weighted by Gasteiger charge is -2.32. The summed E-state index contributed by atoms with van der Waals surface area (Å²) in [4.78, 5) is 42.4. The van der Waals surface area contributed by atoms with Crippen LogP contribution >= 0.6 is 7.75 Å². The summed E-state index contributed by atoms with van der Waals surface area (Å²) in [6.45, 7) is 4.02. The van der Waals surface area contributed by atoms with E-state index < -0.39 is 50.6 Å². The van der Waals surface area contributed by atoms with E-state index in [1.165, 1.54) is 10.8 Å². The lowest BCUT2D eigenvalue weighted by Crippen LogP contribution is -2.43. The second-order valence-electron chi connectivity index (χ2n) is 11.4. The number of hydrogen-bond acceptors (Lipinski definition) is 13. The first-order valence-electron chi connectivity index (χ1n) is 15.9.